The number of nitrogens with zero attached hydrogens (tertiary/aromatic N) is 2. The second-order valence-corrected chi connectivity index (χ2v) is 9.03. The summed E-state index contributed by atoms with van der Waals surface area (Å²) in [6, 6.07) is 7.63. The Morgan fingerprint density at radius 1 is 1.13 bits per heavy atom. The summed E-state index contributed by atoms with van der Waals surface area (Å²) in [5, 5.41) is 7.08. The summed E-state index contributed by atoms with van der Waals surface area (Å²) < 4.78 is 16.0. The van der Waals surface area contributed by atoms with Crippen molar-refractivity contribution < 1.29 is 33.4 Å². The average molecular weight is 525 g/mol. The van der Waals surface area contributed by atoms with Gasteiger partial charge in [-0.1, -0.05) is 30.3 Å². The number of aromatic nitrogens is 1. The van der Waals surface area contributed by atoms with Gasteiger partial charge in [-0.3, -0.25) is 24.2 Å². The third-order valence-corrected chi connectivity index (χ3v) is 6.31. The quantitative estimate of drug-likeness (QED) is 0.351. The fourth-order valence-electron chi connectivity index (χ4n) is 4.51. The van der Waals surface area contributed by atoms with Gasteiger partial charge in [0.15, 0.2) is 0 Å². The first-order valence-electron chi connectivity index (χ1n) is 12.7. The molecule has 11 nitrogen and oxygen atoms in total. The maximum atomic E-state index is 13.5. The van der Waals surface area contributed by atoms with Crippen molar-refractivity contribution in [3.8, 4) is 0 Å². The lowest BCUT2D eigenvalue weighted by molar-refractivity contribution is -0.164. The number of carbonyl (C=O) groups excluding carboxylic acids is 4. The van der Waals surface area contributed by atoms with E-state index in [4.69, 9.17) is 14.2 Å². The summed E-state index contributed by atoms with van der Waals surface area (Å²) in [6.07, 6.45) is 2.77. The Balaban J connectivity index is 1.49. The molecule has 1 fully saturated rings. The molecule has 1 aromatic carbocycles. The van der Waals surface area contributed by atoms with E-state index in [2.05, 4.69) is 15.6 Å². The second-order valence-electron chi connectivity index (χ2n) is 9.03. The number of benzene rings is 1. The molecule has 0 radical (unpaired) electrons. The highest BCUT2D eigenvalue weighted by Crippen LogP contribution is 2.19. The molecule has 4 rings (SSSR count). The van der Waals surface area contributed by atoms with Gasteiger partial charge in [0.25, 0.3) is 5.91 Å². The number of esters is 1. The highest BCUT2D eigenvalue weighted by atomic mass is 16.7. The normalized spacial score (nSPS) is 21.6. The fourth-order valence-corrected chi connectivity index (χ4v) is 4.51. The standard InChI is InChI=1S/C27H32N4O7/c1-3-36-16-17-9-10-20(30-25(34)24-19-8-6-5-7-18(19)11-12-28-24)26(35)31(14-17)15-22(32)29-21-13-23(33)38-27(21)37-4-2/h5-9,11-12,20-21,27H,3-4,10,13-16H2,1-2H3,(H,29,32)(H,30,34). The zero-order chi connectivity index (χ0) is 27.1. The summed E-state index contributed by atoms with van der Waals surface area (Å²) in [4.78, 5) is 57.0. The smallest absolute Gasteiger partial charge is 0.310 e. The number of hydrogen-bond donors (Lipinski definition) is 2. The van der Waals surface area contributed by atoms with Crippen molar-refractivity contribution in [3.63, 3.8) is 0 Å². The van der Waals surface area contributed by atoms with Crippen molar-refractivity contribution in [2.75, 3.05) is 32.9 Å². The Kier molecular flexibility index (Phi) is 9.03. The molecule has 1 aromatic heterocycles. The first-order chi connectivity index (χ1) is 18.4. The molecule has 3 unspecified atom stereocenters. The van der Waals surface area contributed by atoms with Gasteiger partial charge in [0.1, 0.15) is 17.8 Å². The van der Waals surface area contributed by atoms with E-state index < -0.39 is 42.1 Å². The Bertz CT molecular complexity index is 1230. The summed E-state index contributed by atoms with van der Waals surface area (Å²) in [7, 11) is 0. The number of carbonyl (C=O) groups is 4. The molecular weight excluding hydrogens is 492 g/mol. The van der Waals surface area contributed by atoms with Gasteiger partial charge < -0.3 is 29.7 Å². The van der Waals surface area contributed by atoms with Crippen LogP contribution in [0.4, 0.5) is 0 Å². The van der Waals surface area contributed by atoms with Crippen LogP contribution in [0.25, 0.3) is 10.8 Å². The van der Waals surface area contributed by atoms with Crippen LogP contribution in [0, 0.1) is 0 Å². The number of ether oxygens (including phenoxy) is 3. The monoisotopic (exact) mass is 524 g/mol. The SMILES string of the molecule is CCOCC1=CCC(NC(=O)c2nccc3ccccc23)C(=O)N(CC(=O)NC2CC(=O)OC2OCC)C1. The van der Waals surface area contributed by atoms with Crippen LogP contribution in [0.1, 0.15) is 37.2 Å². The number of cyclic esters (lactones) is 1. The minimum absolute atomic E-state index is 0.0173. The number of amides is 3. The van der Waals surface area contributed by atoms with E-state index in [1.807, 2.05) is 37.3 Å². The van der Waals surface area contributed by atoms with E-state index in [1.165, 1.54) is 4.90 Å². The van der Waals surface area contributed by atoms with Gasteiger partial charge in [-0.15, -0.1) is 0 Å². The third-order valence-electron chi connectivity index (χ3n) is 6.31. The molecule has 2 N–H and O–H groups in total. The van der Waals surface area contributed by atoms with Crippen molar-refractivity contribution in [1.29, 1.82) is 0 Å². The van der Waals surface area contributed by atoms with Crippen LogP contribution < -0.4 is 10.6 Å². The lowest BCUT2D eigenvalue weighted by Crippen LogP contribution is -2.52. The first kappa shape index (κ1) is 27.2. The van der Waals surface area contributed by atoms with Crippen LogP contribution in [0.3, 0.4) is 0 Å². The van der Waals surface area contributed by atoms with Gasteiger partial charge in [-0.05, 0) is 37.3 Å². The maximum Gasteiger partial charge on any atom is 0.310 e. The summed E-state index contributed by atoms with van der Waals surface area (Å²) >= 11 is 0. The van der Waals surface area contributed by atoms with E-state index in [1.54, 1.807) is 19.2 Å². The van der Waals surface area contributed by atoms with Crippen LogP contribution in [0.5, 0.6) is 0 Å². The van der Waals surface area contributed by atoms with Crippen LogP contribution in [-0.2, 0) is 28.6 Å². The van der Waals surface area contributed by atoms with E-state index in [-0.39, 0.29) is 31.6 Å². The molecule has 0 saturated carbocycles. The Labute approximate surface area is 220 Å². The average Bonchev–Trinajstić information content (AvgIpc) is 3.18. The molecule has 3 heterocycles. The van der Waals surface area contributed by atoms with Gasteiger partial charge >= 0.3 is 5.97 Å². The van der Waals surface area contributed by atoms with Crippen LogP contribution in [-0.4, -0.2) is 84.9 Å². The molecule has 0 aliphatic carbocycles. The van der Waals surface area contributed by atoms with E-state index in [0.717, 1.165) is 11.0 Å². The van der Waals surface area contributed by atoms with Crippen molar-refractivity contribution in [3.05, 3.63) is 53.9 Å². The maximum absolute atomic E-state index is 13.5. The molecule has 2 aliphatic rings. The molecular formula is C27H32N4O7. The van der Waals surface area contributed by atoms with E-state index in [0.29, 0.717) is 25.2 Å². The highest BCUT2D eigenvalue weighted by molar-refractivity contribution is 6.06. The fraction of sp³-hybridized carbons (Fsp3) is 0.444. The van der Waals surface area contributed by atoms with Gasteiger partial charge in [-0.2, -0.15) is 0 Å². The van der Waals surface area contributed by atoms with Gasteiger partial charge in [0.2, 0.25) is 18.1 Å². The summed E-state index contributed by atoms with van der Waals surface area (Å²) in [5.41, 5.74) is 1.04. The van der Waals surface area contributed by atoms with Crippen LogP contribution >= 0.6 is 0 Å². The van der Waals surface area contributed by atoms with E-state index in [9.17, 15) is 19.2 Å². The van der Waals surface area contributed by atoms with Crippen molar-refractivity contribution in [1.82, 2.24) is 20.5 Å². The Hall–Kier alpha value is -3.83. The van der Waals surface area contributed by atoms with Gasteiger partial charge in [-0.25, -0.2) is 0 Å². The number of pyridine rings is 1. The lowest BCUT2D eigenvalue weighted by Gasteiger charge is -2.26. The molecule has 202 valence electrons. The van der Waals surface area contributed by atoms with Crippen molar-refractivity contribution in [2.45, 2.75) is 45.1 Å². The number of nitrogens with one attached hydrogen (secondary N) is 2. The molecule has 3 atom stereocenters. The van der Waals surface area contributed by atoms with Gasteiger partial charge in [0, 0.05) is 31.3 Å². The minimum atomic E-state index is -0.900. The van der Waals surface area contributed by atoms with Crippen LogP contribution in [0.2, 0.25) is 0 Å². The topological polar surface area (TPSA) is 136 Å². The molecule has 2 aromatic rings. The number of rotatable bonds is 10. The molecule has 2 aliphatic heterocycles. The van der Waals surface area contributed by atoms with Gasteiger partial charge in [0.05, 0.1) is 19.6 Å². The molecule has 3 amide bonds. The minimum Gasteiger partial charge on any atom is -0.433 e. The van der Waals surface area contributed by atoms with Crippen molar-refractivity contribution in [2.24, 2.45) is 0 Å². The predicted octanol–water partition coefficient (Wildman–Crippen LogP) is 1.32. The molecule has 38 heavy (non-hydrogen) atoms. The Morgan fingerprint density at radius 2 is 1.95 bits per heavy atom. The molecule has 1 saturated heterocycles. The van der Waals surface area contributed by atoms with Crippen molar-refractivity contribution >= 4 is 34.5 Å². The molecule has 11 heteroatoms. The second kappa shape index (κ2) is 12.6. The molecule has 0 spiro atoms. The molecule has 0 bridgehead atoms. The Morgan fingerprint density at radius 3 is 2.74 bits per heavy atom. The lowest BCUT2D eigenvalue weighted by atomic mass is 10.1. The number of hydrogen-bond acceptors (Lipinski definition) is 8. The summed E-state index contributed by atoms with van der Waals surface area (Å²) in [6.45, 7) is 4.62. The van der Waals surface area contributed by atoms with Crippen LogP contribution in [0.15, 0.2) is 48.2 Å². The van der Waals surface area contributed by atoms with E-state index >= 15 is 0 Å². The third kappa shape index (κ3) is 6.53. The summed E-state index contributed by atoms with van der Waals surface area (Å²) in [5.74, 6) is -1.82. The first-order valence-corrected chi connectivity index (χ1v) is 12.7. The largest absolute Gasteiger partial charge is 0.433 e. The highest BCUT2D eigenvalue weighted by Gasteiger charge is 2.37. The predicted molar refractivity (Wildman–Crippen MR) is 137 cm³/mol. The number of fused-ring (bicyclic) bond motifs is 1. The zero-order valence-electron chi connectivity index (χ0n) is 21.5. The zero-order valence-corrected chi connectivity index (χ0v) is 21.5.